The maximum atomic E-state index is 13.6. The number of hydrogen-bond acceptors (Lipinski definition) is 4. The molecular formula is C26H32FN3O3S. The second-order valence-electron chi connectivity index (χ2n) is 9.65. The Labute approximate surface area is 201 Å². The average Bonchev–Trinajstić information content (AvgIpc) is 3.46. The lowest BCUT2D eigenvalue weighted by Gasteiger charge is -2.27. The maximum absolute atomic E-state index is 13.6. The van der Waals surface area contributed by atoms with E-state index >= 15 is 0 Å². The Morgan fingerprint density at radius 2 is 1.79 bits per heavy atom. The van der Waals surface area contributed by atoms with Gasteiger partial charge >= 0.3 is 0 Å². The van der Waals surface area contributed by atoms with E-state index in [4.69, 9.17) is 0 Å². The molecule has 0 radical (unpaired) electrons. The zero-order chi connectivity index (χ0) is 23.7. The van der Waals surface area contributed by atoms with Crippen LogP contribution in [0.5, 0.6) is 0 Å². The first-order chi connectivity index (χ1) is 16.4. The number of amides is 1. The van der Waals surface area contributed by atoms with Gasteiger partial charge in [0, 0.05) is 31.4 Å². The molecule has 34 heavy (non-hydrogen) atoms. The standard InChI is InChI=1S/C26H32FN3O3S/c27-22-7-4-6-20(16-22)17-23-8-5-12-28(23)19-26(31)30-15-11-21-18-24(9-10-25(21)30)34(32,33)29-13-2-1-3-14-29/h4,6-7,9-10,16,18,23H,1-3,5,8,11-15,17,19H2. The van der Waals surface area contributed by atoms with E-state index in [2.05, 4.69) is 4.90 Å². The fraction of sp³-hybridized carbons (Fsp3) is 0.500. The van der Waals surface area contributed by atoms with E-state index in [1.54, 1.807) is 39.5 Å². The molecule has 3 aliphatic rings. The minimum atomic E-state index is -3.49. The van der Waals surface area contributed by atoms with Gasteiger partial charge in [-0.3, -0.25) is 9.69 Å². The second kappa shape index (κ2) is 9.76. The molecule has 0 aromatic heterocycles. The zero-order valence-corrected chi connectivity index (χ0v) is 20.3. The monoisotopic (exact) mass is 485 g/mol. The Morgan fingerprint density at radius 1 is 0.971 bits per heavy atom. The molecule has 1 atom stereocenters. The summed E-state index contributed by atoms with van der Waals surface area (Å²) in [6.07, 6.45) is 6.32. The summed E-state index contributed by atoms with van der Waals surface area (Å²) in [5.41, 5.74) is 2.70. The SMILES string of the molecule is O=C(CN1CCCC1Cc1cccc(F)c1)N1CCc2cc(S(=O)(=O)N3CCCCC3)ccc21. The Kier molecular flexibility index (Phi) is 6.73. The van der Waals surface area contributed by atoms with E-state index in [0.717, 1.165) is 61.9 Å². The van der Waals surface area contributed by atoms with Crippen molar-refractivity contribution in [2.75, 3.05) is 37.6 Å². The Morgan fingerprint density at radius 3 is 2.59 bits per heavy atom. The van der Waals surface area contributed by atoms with Crippen molar-refractivity contribution in [1.82, 2.24) is 9.21 Å². The predicted molar refractivity (Wildman–Crippen MR) is 130 cm³/mol. The number of hydrogen-bond donors (Lipinski definition) is 0. The van der Waals surface area contributed by atoms with Crippen molar-refractivity contribution in [3.8, 4) is 0 Å². The maximum Gasteiger partial charge on any atom is 0.243 e. The lowest BCUT2D eigenvalue weighted by Crippen LogP contribution is -2.42. The lowest BCUT2D eigenvalue weighted by atomic mass is 10.0. The van der Waals surface area contributed by atoms with Gasteiger partial charge < -0.3 is 4.90 Å². The molecule has 0 spiro atoms. The number of carbonyl (C=O) groups excluding carboxylic acids is 1. The van der Waals surface area contributed by atoms with Gasteiger partial charge in [-0.25, -0.2) is 12.8 Å². The van der Waals surface area contributed by atoms with Crippen LogP contribution in [0.2, 0.25) is 0 Å². The van der Waals surface area contributed by atoms with E-state index in [0.29, 0.717) is 37.5 Å². The highest BCUT2D eigenvalue weighted by atomic mass is 32.2. The van der Waals surface area contributed by atoms with E-state index in [9.17, 15) is 17.6 Å². The summed E-state index contributed by atoms with van der Waals surface area (Å²) < 4.78 is 41.3. The molecule has 0 bridgehead atoms. The van der Waals surface area contributed by atoms with Gasteiger partial charge in [-0.05, 0) is 86.5 Å². The van der Waals surface area contributed by atoms with Gasteiger partial charge in [-0.1, -0.05) is 18.6 Å². The Hall–Kier alpha value is -2.29. The number of halogens is 1. The number of piperidine rings is 1. The van der Waals surface area contributed by atoms with Crippen LogP contribution < -0.4 is 4.90 Å². The van der Waals surface area contributed by atoms with Gasteiger partial charge in [0.2, 0.25) is 15.9 Å². The minimum Gasteiger partial charge on any atom is -0.311 e. The van der Waals surface area contributed by atoms with Crippen LogP contribution in [-0.4, -0.2) is 62.3 Å². The molecule has 2 aromatic rings. The van der Waals surface area contributed by atoms with Crippen molar-refractivity contribution >= 4 is 21.6 Å². The molecule has 182 valence electrons. The zero-order valence-electron chi connectivity index (χ0n) is 19.5. The predicted octanol–water partition coefficient (Wildman–Crippen LogP) is 3.60. The number of carbonyl (C=O) groups is 1. The second-order valence-corrected chi connectivity index (χ2v) is 11.6. The smallest absolute Gasteiger partial charge is 0.243 e. The number of nitrogens with zero attached hydrogens (tertiary/aromatic N) is 3. The Bertz CT molecular complexity index is 1160. The van der Waals surface area contributed by atoms with Crippen LogP contribution in [0, 0.1) is 5.82 Å². The van der Waals surface area contributed by atoms with Crippen molar-refractivity contribution in [1.29, 1.82) is 0 Å². The third-order valence-corrected chi connectivity index (χ3v) is 9.29. The molecule has 2 saturated heterocycles. The fourth-order valence-corrected chi connectivity index (χ4v) is 7.15. The summed E-state index contributed by atoms with van der Waals surface area (Å²) in [7, 11) is -3.49. The summed E-state index contributed by atoms with van der Waals surface area (Å²) in [5.74, 6) is -0.190. The normalized spacial score (nSPS) is 21.7. The van der Waals surface area contributed by atoms with Crippen molar-refractivity contribution < 1.29 is 17.6 Å². The minimum absolute atomic E-state index is 0.0385. The van der Waals surface area contributed by atoms with Crippen LogP contribution in [0.15, 0.2) is 47.4 Å². The average molecular weight is 486 g/mol. The third-order valence-electron chi connectivity index (χ3n) is 7.40. The van der Waals surface area contributed by atoms with Crippen LogP contribution in [0.3, 0.4) is 0 Å². The van der Waals surface area contributed by atoms with Gasteiger partial charge in [0.05, 0.1) is 11.4 Å². The molecule has 1 unspecified atom stereocenters. The van der Waals surface area contributed by atoms with Crippen LogP contribution in [0.4, 0.5) is 10.1 Å². The van der Waals surface area contributed by atoms with E-state index in [-0.39, 0.29) is 17.8 Å². The number of sulfonamides is 1. The van der Waals surface area contributed by atoms with Crippen LogP contribution in [0.25, 0.3) is 0 Å². The van der Waals surface area contributed by atoms with E-state index < -0.39 is 10.0 Å². The van der Waals surface area contributed by atoms with E-state index in [1.165, 1.54) is 6.07 Å². The molecule has 2 aromatic carbocycles. The number of benzene rings is 2. The molecule has 2 fully saturated rings. The number of anilines is 1. The molecule has 3 aliphatic heterocycles. The summed E-state index contributed by atoms with van der Waals surface area (Å²) in [6, 6.07) is 12.1. The van der Waals surface area contributed by atoms with Gasteiger partial charge in [0.15, 0.2) is 0 Å². The molecule has 5 rings (SSSR count). The summed E-state index contributed by atoms with van der Waals surface area (Å²) in [4.78, 5) is 17.6. The van der Waals surface area contributed by atoms with E-state index in [1.807, 2.05) is 6.07 Å². The first kappa shape index (κ1) is 23.5. The number of likely N-dealkylation sites (tertiary alicyclic amines) is 1. The molecule has 0 aliphatic carbocycles. The summed E-state index contributed by atoms with van der Waals surface area (Å²) >= 11 is 0. The van der Waals surface area contributed by atoms with Gasteiger partial charge in [-0.2, -0.15) is 4.31 Å². The molecular weight excluding hydrogens is 453 g/mol. The van der Waals surface area contributed by atoms with Gasteiger partial charge in [0.25, 0.3) is 0 Å². The van der Waals surface area contributed by atoms with Crippen molar-refractivity contribution in [3.05, 3.63) is 59.4 Å². The van der Waals surface area contributed by atoms with Crippen LogP contribution in [-0.2, 0) is 27.7 Å². The highest BCUT2D eigenvalue weighted by Gasteiger charge is 2.32. The van der Waals surface area contributed by atoms with Crippen LogP contribution in [0.1, 0.15) is 43.2 Å². The molecule has 0 saturated carbocycles. The quantitative estimate of drug-likeness (QED) is 0.627. The van der Waals surface area contributed by atoms with Crippen LogP contribution >= 0.6 is 0 Å². The third kappa shape index (κ3) is 4.76. The molecule has 8 heteroatoms. The highest BCUT2D eigenvalue weighted by molar-refractivity contribution is 7.89. The molecule has 6 nitrogen and oxygen atoms in total. The largest absolute Gasteiger partial charge is 0.311 e. The molecule has 1 amide bonds. The topological polar surface area (TPSA) is 60.9 Å². The number of fused-ring (bicyclic) bond motifs is 1. The summed E-state index contributed by atoms with van der Waals surface area (Å²) in [5, 5.41) is 0. The Balaban J connectivity index is 1.26. The van der Waals surface area contributed by atoms with Crippen molar-refractivity contribution in [3.63, 3.8) is 0 Å². The first-order valence-corrected chi connectivity index (χ1v) is 13.8. The summed E-state index contributed by atoms with van der Waals surface area (Å²) in [6.45, 7) is 2.92. The lowest BCUT2D eigenvalue weighted by molar-refractivity contribution is -0.119. The molecule has 3 heterocycles. The fourth-order valence-electron chi connectivity index (χ4n) is 5.58. The van der Waals surface area contributed by atoms with Crippen molar-refractivity contribution in [2.45, 2.75) is 55.9 Å². The first-order valence-electron chi connectivity index (χ1n) is 12.3. The molecule has 0 N–H and O–H groups in total. The number of rotatable bonds is 6. The van der Waals surface area contributed by atoms with Gasteiger partial charge in [-0.15, -0.1) is 0 Å². The van der Waals surface area contributed by atoms with Gasteiger partial charge in [0.1, 0.15) is 5.82 Å². The highest BCUT2D eigenvalue weighted by Crippen LogP contribution is 2.32. The van der Waals surface area contributed by atoms with Crippen molar-refractivity contribution in [2.24, 2.45) is 0 Å².